The number of nitrogens with one attached hydrogen (secondary N) is 1. The van der Waals surface area contributed by atoms with Crippen LogP contribution in [0.5, 0.6) is 0 Å². The molecule has 0 aliphatic carbocycles. The predicted molar refractivity (Wildman–Crippen MR) is 47.7 cm³/mol. The molecule has 1 aromatic rings. The zero-order valence-electron chi connectivity index (χ0n) is 7.14. The molecule has 13 heavy (non-hydrogen) atoms. The maximum Gasteiger partial charge on any atom is 0.427 e. The van der Waals surface area contributed by atoms with Crippen molar-refractivity contribution >= 4 is 23.3 Å². The van der Waals surface area contributed by atoms with Gasteiger partial charge in [0.15, 0.2) is 0 Å². The van der Waals surface area contributed by atoms with Gasteiger partial charge in [0.1, 0.15) is 5.69 Å². The second-order valence-electron chi connectivity index (χ2n) is 2.09. The van der Waals surface area contributed by atoms with Crippen molar-refractivity contribution in [2.75, 3.05) is 7.11 Å². The minimum Gasteiger partial charge on any atom is -0.452 e. The lowest BCUT2D eigenvalue weighted by atomic mass is 10.3. The Morgan fingerprint density at radius 1 is 1.77 bits per heavy atom. The van der Waals surface area contributed by atoms with Crippen LogP contribution in [0, 0.1) is 0 Å². The van der Waals surface area contributed by atoms with Crippen LogP contribution >= 0.6 is 11.5 Å². The molecule has 1 heterocycles. The Kier molecular flexibility index (Phi) is 3.32. The quantitative estimate of drug-likeness (QED) is 0.560. The number of hydrogen-bond acceptors (Lipinski definition) is 6. The van der Waals surface area contributed by atoms with E-state index in [0.29, 0.717) is 11.4 Å². The highest BCUT2D eigenvalue weighted by atomic mass is 32.1. The molecular formula is C6H8N4O2S. The first kappa shape index (κ1) is 9.59. The number of aromatic nitrogens is 2. The van der Waals surface area contributed by atoms with Gasteiger partial charge >= 0.3 is 6.09 Å². The largest absolute Gasteiger partial charge is 0.452 e. The number of carbonyl (C=O) groups is 1. The molecule has 1 rings (SSSR count). The predicted octanol–water partition coefficient (Wildman–Crippen LogP) is 0.618. The molecule has 1 amide bonds. The molecule has 0 unspecified atom stereocenters. The first-order valence-electron chi connectivity index (χ1n) is 3.39. The summed E-state index contributed by atoms with van der Waals surface area (Å²) in [5, 5.41) is 9.23. The number of hydrogen-bond donors (Lipinski definition) is 1. The number of amides is 1. The smallest absolute Gasteiger partial charge is 0.427 e. The maximum atomic E-state index is 10.6. The molecule has 0 aliphatic heterocycles. The first-order chi connectivity index (χ1) is 6.24. The molecule has 0 saturated heterocycles. The number of methoxy groups -OCH3 is 1. The van der Waals surface area contributed by atoms with E-state index in [2.05, 4.69) is 24.9 Å². The summed E-state index contributed by atoms with van der Waals surface area (Å²) in [6.07, 6.45) is -0.609. The van der Waals surface area contributed by atoms with Crippen LogP contribution in [0.3, 0.4) is 0 Å². The van der Waals surface area contributed by atoms with Crippen LogP contribution in [0.2, 0.25) is 0 Å². The van der Waals surface area contributed by atoms with Crippen molar-refractivity contribution in [3.63, 3.8) is 0 Å². The van der Waals surface area contributed by atoms with Crippen LogP contribution in [-0.4, -0.2) is 28.5 Å². The molecule has 0 radical (unpaired) electrons. The fourth-order valence-electron chi connectivity index (χ4n) is 0.555. The van der Waals surface area contributed by atoms with Crippen LogP contribution in [0.25, 0.3) is 0 Å². The highest BCUT2D eigenvalue weighted by Gasteiger charge is 2.01. The molecular weight excluding hydrogens is 192 g/mol. The minimum absolute atomic E-state index is 0.583. The van der Waals surface area contributed by atoms with E-state index in [0.717, 1.165) is 0 Å². The molecule has 70 valence electrons. The topological polar surface area (TPSA) is 76.5 Å². The summed E-state index contributed by atoms with van der Waals surface area (Å²) in [5.74, 6) is 0. The lowest BCUT2D eigenvalue weighted by Crippen LogP contribution is -2.18. The summed E-state index contributed by atoms with van der Waals surface area (Å²) < 4.78 is 7.98. The van der Waals surface area contributed by atoms with Crippen molar-refractivity contribution in [1.29, 1.82) is 0 Å². The molecule has 0 spiro atoms. The molecule has 1 N–H and O–H groups in total. The number of rotatable bonds is 2. The van der Waals surface area contributed by atoms with Crippen molar-refractivity contribution in [3.05, 3.63) is 11.1 Å². The molecule has 0 atom stereocenters. The maximum absolute atomic E-state index is 10.6. The first-order valence-corrected chi connectivity index (χ1v) is 4.23. The van der Waals surface area contributed by atoms with E-state index in [9.17, 15) is 4.79 Å². The average Bonchev–Trinajstić information content (AvgIpc) is 2.66. The molecule has 0 bridgehead atoms. The van der Waals surface area contributed by atoms with E-state index in [1.54, 1.807) is 12.3 Å². The van der Waals surface area contributed by atoms with Crippen molar-refractivity contribution in [3.8, 4) is 0 Å². The standard InChI is InChI=1S/C6H8N4O2S/c1-4(5-3-13-10-8-5)7-9-6(11)12-2/h3H,1-2H3,(H,9,11)/b7-4+. The number of carbonyl (C=O) groups excluding carboxylic acids is 1. The third kappa shape index (κ3) is 2.79. The number of nitrogens with zero attached hydrogens (tertiary/aromatic N) is 3. The summed E-state index contributed by atoms with van der Waals surface area (Å²) in [5.41, 5.74) is 3.41. The lowest BCUT2D eigenvalue weighted by Gasteiger charge is -1.97. The van der Waals surface area contributed by atoms with Crippen LogP contribution < -0.4 is 5.43 Å². The van der Waals surface area contributed by atoms with Gasteiger partial charge in [0, 0.05) is 5.38 Å². The summed E-state index contributed by atoms with van der Waals surface area (Å²) in [7, 11) is 1.27. The fraction of sp³-hybridized carbons (Fsp3) is 0.333. The SMILES string of the molecule is COC(=O)N/N=C(\C)c1csnn1. The Balaban J connectivity index is 2.57. The Bertz CT molecular complexity index is 308. The van der Waals surface area contributed by atoms with Crippen molar-refractivity contribution in [2.24, 2.45) is 5.10 Å². The zero-order chi connectivity index (χ0) is 9.68. The van der Waals surface area contributed by atoms with E-state index in [4.69, 9.17) is 0 Å². The third-order valence-corrected chi connectivity index (χ3v) is 1.74. The molecule has 0 saturated carbocycles. The fourth-order valence-corrected chi connectivity index (χ4v) is 1.05. The summed E-state index contributed by atoms with van der Waals surface area (Å²) in [6, 6.07) is 0. The van der Waals surface area contributed by atoms with E-state index in [1.807, 2.05) is 0 Å². The highest BCUT2D eigenvalue weighted by molar-refractivity contribution is 7.03. The monoisotopic (exact) mass is 200 g/mol. The zero-order valence-corrected chi connectivity index (χ0v) is 7.96. The van der Waals surface area contributed by atoms with Crippen LogP contribution in [-0.2, 0) is 4.74 Å². The van der Waals surface area contributed by atoms with Gasteiger partial charge in [-0.15, -0.1) is 5.10 Å². The van der Waals surface area contributed by atoms with E-state index >= 15 is 0 Å². The molecule has 0 fully saturated rings. The summed E-state index contributed by atoms with van der Waals surface area (Å²) in [4.78, 5) is 10.6. The Morgan fingerprint density at radius 2 is 2.54 bits per heavy atom. The summed E-state index contributed by atoms with van der Waals surface area (Å²) >= 11 is 1.22. The van der Waals surface area contributed by atoms with Gasteiger partial charge in [-0.2, -0.15) is 5.10 Å². The van der Waals surface area contributed by atoms with Crippen LogP contribution in [0.4, 0.5) is 4.79 Å². The second kappa shape index (κ2) is 4.51. The van der Waals surface area contributed by atoms with Gasteiger partial charge in [-0.3, -0.25) is 0 Å². The van der Waals surface area contributed by atoms with E-state index in [1.165, 1.54) is 18.6 Å². The second-order valence-corrected chi connectivity index (χ2v) is 2.70. The van der Waals surface area contributed by atoms with Crippen molar-refractivity contribution < 1.29 is 9.53 Å². The van der Waals surface area contributed by atoms with E-state index in [-0.39, 0.29) is 0 Å². The molecule has 0 aliphatic rings. The molecule has 7 heteroatoms. The Labute approximate surface area is 78.8 Å². The number of hydrazone groups is 1. The van der Waals surface area contributed by atoms with Gasteiger partial charge in [-0.1, -0.05) is 4.49 Å². The summed E-state index contributed by atoms with van der Waals surface area (Å²) in [6.45, 7) is 1.71. The van der Waals surface area contributed by atoms with Crippen LogP contribution in [0.15, 0.2) is 10.5 Å². The van der Waals surface area contributed by atoms with Crippen molar-refractivity contribution in [1.82, 2.24) is 15.0 Å². The van der Waals surface area contributed by atoms with E-state index < -0.39 is 6.09 Å². The van der Waals surface area contributed by atoms with Gasteiger partial charge in [-0.25, -0.2) is 10.2 Å². The Hall–Kier alpha value is -1.50. The normalized spacial score (nSPS) is 11.1. The highest BCUT2D eigenvalue weighted by Crippen LogP contribution is 1.98. The molecule has 1 aromatic heterocycles. The van der Waals surface area contributed by atoms with Gasteiger partial charge in [-0.05, 0) is 18.5 Å². The van der Waals surface area contributed by atoms with Gasteiger partial charge < -0.3 is 4.74 Å². The van der Waals surface area contributed by atoms with Crippen molar-refractivity contribution in [2.45, 2.75) is 6.92 Å². The number of ether oxygens (including phenoxy) is 1. The average molecular weight is 200 g/mol. The third-order valence-electron chi connectivity index (χ3n) is 1.23. The van der Waals surface area contributed by atoms with Gasteiger partial charge in [0.05, 0.1) is 12.8 Å². The lowest BCUT2D eigenvalue weighted by molar-refractivity contribution is 0.171. The minimum atomic E-state index is -0.609. The molecule has 0 aromatic carbocycles. The van der Waals surface area contributed by atoms with Gasteiger partial charge in [0.25, 0.3) is 0 Å². The molecule has 6 nitrogen and oxygen atoms in total. The van der Waals surface area contributed by atoms with Crippen LogP contribution in [0.1, 0.15) is 12.6 Å². The Morgan fingerprint density at radius 3 is 3.08 bits per heavy atom. The van der Waals surface area contributed by atoms with Gasteiger partial charge in [0.2, 0.25) is 0 Å².